The van der Waals surface area contributed by atoms with Crippen molar-refractivity contribution >= 4 is 11.8 Å². The maximum Gasteiger partial charge on any atom is 0.260 e. The predicted octanol–water partition coefficient (Wildman–Crippen LogP) is 0.157. The first-order valence-corrected chi connectivity index (χ1v) is 7.30. The zero-order valence-corrected chi connectivity index (χ0v) is 13.1. The normalized spacial score (nSPS) is 21.0. The van der Waals surface area contributed by atoms with E-state index in [-0.39, 0.29) is 29.8 Å². The van der Waals surface area contributed by atoms with Crippen LogP contribution in [0.3, 0.4) is 0 Å². The fourth-order valence-electron chi connectivity index (χ4n) is 2.59. The molecule has 120 valence electrons. The third-order valence-electron chi connectivity index (χ3n) is 3.52. The van der Waals surface area contributed by atoms with Crippen LogP contribution < -0.4 is 15.8 Å². The van der Waals surface area contributed by atoms with Crippen LogP contribution in [0.5, 0.6) is 5.88 Å². The molecule has 2 amide bonds. The van der Waals surface area contributed by atoms with Crippen molar-refractivity contribution in [1.82, 2.24) is 15.2 Å². The number of carbonyl (C=O) groups is 2. The lowest BCUT2D eigenvalue weighted by Gasteiger charge is -2.25. The van der Waals surface area contributed by atoms with Gasteiger partial charge in [0.05, 0.1) is 7.11 Å². The molecule has 1 aliphatic heterocycles. The molecule has 0 spiro atoms. The molecule has 0 radical (unpaired) electrons. The van der Waals surface area contributed by atoms with E-state index in [0.29, 0.717) is 18.5 Å². The van der Waals surface area contributed by atoms with E-state index in [2.05, 4.69) is 10.3 Å². The number of hydrogen-bond donors (Lipinski definition) is 2. The van der Waals surface area contributed by atoms with Crippen LogP contribution in [0, 0.1) is 0 Å². The van der Waals surface area contributed by atoms with E-state index in [1.807, 2.05) is 13.8 Å². The Bertz CT molecular complexity index is 561. The van der Waals surface area contributed by atoms with Gasteiger partial charge in [0.15, 0.2) is 0 Å². The first-order valence-electron chi connectivity index (χ1n) is 7.30. The number of likely N-dealkylation sites (tertiary alicyclic amines) is 1. The maximum absolute atomic E-state index is 12.7. The SMILES string of the molecule is COc1ncccc1C(=O)N1C[C@H](N)C[C@H]1C(=O)NC(C)C. The van der Waals surface area contributed by atoms with Gasteiger partial charge in [0.25, 0.3) is 5.91 Å². The Morgan fingerprint density at radius 1 is 1.50 bits per heavy atom. The highest BCUT2D eigenvalue weighted by atomic mass is 16.5. The Kier molecular flexibility index (Phi) is 4.97. The summed E-state index contributed by atoms with van der Waals surface area (Å²) in [6.45, 7) is 4.10. The standard InChI is InChI=1S/C15H22N4O3/c1-9(2)18-13(20)12-7-10(16)8-19(12)15(21)11-5-4-6-17-14(11)22-3/h4-6,9-10,12H,7-8,16H2,1-3H3,(H,18,20)/t10-,12+/m1/s1. The fourth-order valence-corrected chi connectivity index (χ4v) is 2.59. The van der Waals surface area contributed by atoms with Crippen LogP contribution >= 0.6 is 0 Å². The molecule has 0 aromatic carbocycles. The average Bonchev–Trinajstić information content (AvgIpc) is 2.88. The van der Waals surface area contributed by atoms with E-state index in [1.165, 1.54) is 12.0 Å². The first kappa shape index (κ1) is 16.2. The van der Waals surface area contributed by atoms with E-state index >= 15 is 0 Å². The van der Waals surface area contributed by atoms with Crippen LogP contribution in [0.2, 0.25) is 0 Å². The minimum absolute atomic E-state index is 0.00852. The molecule has 2 rings (SSSR count). The first-order chi connectivity index (χ1) is 10.4. The quantitative estimate of drug-likeness (QED) is 0.825. The number of nitrogens with two attached hydrogens (primary N) is 1. The molecule has 3 N–H and O–H groups in total. The van der Waals surface area contributed by atoms with Crippen LogP contribution in [-0.2, 0) is 4.79 Å². The molecule has 0 unspecified atom stereocenters. The molecule has 1 aromatic heterocycles. The van der Waals surface area contributed by atoms with Gasteiger partial charge in [-0.15, -0.1) is 0 Å². The lowest BCUT2D eigenvalue weighted by molar-refractivity contribution is -0.125. The molecule has 1 saturated heterocycles. The Morgan fingerprint density at radius 3 is 2.86 bits per heavy atom. The molecule has 2 heterocycles. The summed E-state index contributed by atoms with van der Waals surface area (Å²) >= 11 is 0. The fraction of sp³-hybridized carbons (Fsp3) is 0.533. The summed E-state index contributed by atoms with van der Waals surface area (Å²) in [6, 6.07) is 2.53. The van der Waals surface area contributed by atoms with Gasteiger partial charge in [0, 0.05) is 24.8 Å². The molecule has 1 fully saturated rings. The van der Waals surface area contributed by atoms with Gasteiger partial charge in [-0.3, -0.25) is 9.59 Å². The summed E-state index contributed by atoms with van der Waals surface area (Å²) < 4.78 is 5.12. The van der Waals surface area contributed by atoms with Crippen molar-refractivity contribution in [3.63, 3.8) is 0 Å². The molecule has 0 saturated carbocycles. The van der Waals surface area contributed by atoms with Crippen LogP contribution in [0.1, 0.15) is 30.6 Å². The lowest BCUT2D eigenvalue weighted by Crippen LogP contribution is -2.47. The summed E-state index contributed by atoms with van der Waals surface area (Å²) in [7, 11) is 1.46. The Morgan fingerprint density at radius 2 is 2.23 bits per heavy atom. The van der Waals surface area contributed by atoms with Crippen molar-refractivity contribution in [2.24, 2.45) is 5.73 Å². The molecule has 2 atom stereocenters. The Hall–Kier alpha value is -2.15. The van der Waals surface area contributed by atoms with E-state index in [1.54, 1.807) is 18.3 Å². The van der Waals surface area contributed by atoms with Gasteiger partial charge >= 0.3 is 0 Å². The maximum atomic E-state index is 12.7. The number of amides is 2. The van der Waals surface area contributed by atoms with Gasteiger partial charge in [-0.25, -0.2) is 4.98 Å². The molecule has 0 bridgehead atoms. The zero-order chi connectivity index (χ0) is 16.3. The number of nitrogens with one attached hydrogen (secondary N) is 1. The third-order valence-corrected chi connectivity index (χ3v) is 3.52. The predicted molar refractivity (Wildman–Crippen MR) is 81.5 cm³/mol. The monoisotopic (exact) mass is 306 g/mol. The summed E-state index contributed by atoms with van der Waals surface area (Å²) in [5, 5.41) is 2.83. The second-order valence-electron chi connectivity index (χ2n) is 5.69. The summed E-state index contributed by atoms with van der Waals surface area (Å²) in [5.74, 6) is -0.225. The van der Waals surface area contributed by atoms with Gasteiger partial charge in [-0.1, -0.05) is 0 Å². The molecule has 1 aliphatic rings. The van der Waals surface area contributed by atoms with E-state index in [9.17, 15) is 9.59 Å². The number of nitrogens with zero attached hydrogens (tertiary/aromatic N) is 2. The lowest BCUT2D eigenvalue weighted by atomic mass is 10.1. The number of rotatable bonds is 4. The van der Waals surface area contributed by atoms with Crippen LogP contribution in [0.4, 0.5) is 0 Å². The van der Waals surface area contributed by atoms with Crippen LogP contribution in [0.15, 0.2) is 18.3 Å². The number of aromatic nitrogens is 1. The van der Waals surface area contributed by atoms with E-state index in [4.69, 9.17) is 10.5 Å². The minimum Gasteiger partial charge on any atom is -0.480 e. The highest BCUT2D eigenvalue weighted by Gasteiger charge is 2.39. The second-order valence-corrected chi connectivity index (χ2v) is 5.69. The molecule has 7 heteroatoms. The van der Waals surface area contributed by atoms with Crippen molar-refractivity contribution in [3.8, 4) is 5.88 Å². The average molecular weight is 306 g/mol. The second kappa shape index (κ2) is 6.74. The molecule has 0 aliphatic carbocycles. The van der Waals surface area contributed by atoms with Crippen molar-refractivity contribution in [3.05, 3.63) is 23.9 Å². The summed E-state index contributed by atoms with van der Waals surface area (Å²) in [4.78, 5) is 30.6. The molecular weight excluding hydrogens is 284 g/mol. The molecule has 7 nitrogen and oxygen atoms in total. The molecular formula is C15H22N4O3. The third kappa shape index (κ3) is 3.36. The van der Waals surface area contributed by atoms with Crippen molar-refractivity contribution in [2.75, 3.05) is 13.7 Å². The number of carbonyl (C=O) groups excluding carboxylic acids is 2. The minimum atomic E-state index is -0.560. The van der Waals surface area contributed by atoms with E-state index in [0.717, 1.165) is 0 Å². The van der Waals surface area contributed by atoms with Crippen molar-refractivity contribution in [2.45, 2.75) is 38.4 Å². The van der Waals surface area contributed by atoms with Gasteiger partial charge in [-0.05, 0) is 32.4 Å². The number of methoxy groups -OCH3 is 1. The van der Waals surface area contributed by atoms with Gasteiger partial charge in [0.1, 0.15) is 11.6 Å². The number of ether oxygens (including phenoxy) is 1. The Balaban J connectivity index is 2.24. The molecule has 1 aromatic rings. The van der Waals surface area contributed by atoms with Crippen molar-refractivity contribution < 1.29 is 14.3 Å². The topological polar surface area (TPSA) is 97.6 Å². The van der Waals surface area contributed by atoms with Crippen molar-refractivity contribution in [1.29, 1.82) is 0 Å². The van der Waals surface area contributed by atoms with E-state index < -0.39 is 6.04 Å². The zero-order valence-electron chi connectivity index (χ0n) is 13.1. The van der Waals surface area contributed by atoms with Crippen LogP contribution in [0.25, 0.3) is 0 Å². The summed E-state index contributed by atoms with van der Waals surface area (Å²) in [6.07, 6.45) is 2.00. The highest BCUT2D eigenvalue weighted by molar-refractivity contribution is 5.99. The number of hydrogen-bond acceptors (Lipinski definition) is 5. The van der Waals surface area contributed by atoms with Gasteiger partial charge in [0.2, 0.25) is 11.8 Å². The van der Waals surface area contributed by atoms with Gasteiger partial charge < -0.3 is 20.7 Å². The largest absolute Gasteiger partial charge is 0.480 e. The smallest absolute Gasteiger partial charge is 0.260 e. The number of pyridine rings is 1. The van der Waals surface area contributed by atoms with Gasteiger partial charge in [-0.2, -0.15) is 0 Å². The highest BCUT2D eigenvalue weighted by Crippen LogP contribution is 2.23. The molecule has 22 heavy (non-hydrogen) atoms. The van der Waals surface area contributed by atoms with Crippen LogP contribution in [-0.4, -0.2) is 53.5 Å². The Labute approximate surface area is 129 Å². The summed E-state index contributed by atoms with van der Waals surface area (Å²) in [5.41, 5.74) is 6.28.